The highest BCUT2D eigenvalue weighted by Crippen LogP contribution is 2.29. The maximum atomic E-state index is 10.5. The van der Waals surface area contributed by atoms with E-state index < -0.39 is 0 Å². The fourth-order valence-electron chi connectivity index (χ4n) is 3.77. The van der Waals surface area contributed by atoms with E-state index in [1.807, 2.05) is 0 Å². The smallest absolute Gasteiger partial charge is 0.119 e. The van der Waals surface area contributed by atoms with Crippen LogP contribution in [0, 0.1) is 29.6 Å². The number of rotatable bonds is 15. The minimum Gasteiger partial charge on any atom is -0.303 e. The van der Waals surface area contributed by atoms with Gasteiger partial charge in [-0.15, -0.1) is 0 Å². The lowest BCUT2D eigenvalue weighted by molar-refractivity contribution is -0.107. The van der Waals surface area contributed by atoms with Crippen molar-refractivity contribution in [1.82, 2.24) is 0 Å². The Kier molecular flexibility index (Phi) is 13.8. The van der Waals surface area contributed by atoms with Crippen LogP contribution in [0.25, 0.3) is 0 Å². The van der Waals surface area contributed by atoms with Crippen molar-refractivity contribution in [3.05, 3.63) is 0 Å². The van der Waals surface area contributed by atoms with Crippen LogP contribution in [0.4, 0.5) is 0 Å². The second-order valence-corrected chi connectivity index (χ2v) is 8.94. The minimum atomic E-state index is 0.742. The summed E-state index contributed by atoms with van der Waals surface area (Å²) in [7, 11) is 0. The van der Waals surface area contributed by atoms with Crippen molar-refractivity contribution in [2.75, 3.05) is 0 Å². The van der Waals surface area contributed by atoms with E-state index in [-0.39, 0.29) is 0 Å². The Morgan fingerprint density at radius 2 is 1.30 bits per heavy atom. The van der Waals surface area contributed by atoms with Gasteiger partial charge < -0.3 is 4.79 Å². The molecule has 0 aromatic heterocycles. The molecule has 0 spiro atoms. The quantitative estimate of drug-likeness (QED) is 0.228. The average Bonchev–Trinajstić information content (AvgIpc) is 2.44. The van der Waals surface area contributed by atoms with Gasteiger partial charge in [0, 0.05) is 6.42 Å². The Bertz CT molecular complexity index is 269. The number of hydrogen-bond acceptors (Lipinski definition) is 1. The third kappa shape index (κ3) is 15.0. The number of carbonyl (C=O) groups excluding carboxylic acids is 1. The van der Waals surface area contributed by atoms with Crippen molar-refractivity contribution in [3.63, 3.8) is 0 Å². The molecule has 3 unspecified atom stereocenters. The summed E-state index contributed by atoms with van der Waals surface area (Å²) in [5.74, 6) is 4.19. The first kappa shape index (κ1) is 22.7. The Morgan fingerprint density at radius 3 is 1.87 bits per heavy atom. The Hall–Kier alpha value is -0.330. The molecular weight excluding hydrogens is 280 g/mol. The van der Waals surface area contributed by atoms with Crippen molar-refractivity contribution in [2.45, 2.75) is 106 Å². The maximum Gasteiger partial charge on any atom is 0.119 e. The largest absolute Gasteiger partial charge is 0.303 e. The van der Waals surface area contributed by atoms with Crippen LogP contribution in [0.5, 0.6) is 0 Å². The van der Waals surface area contributed by atoms with Gasteiger partial charge in [0.25, 0.3) is 0 Å². The van der Waals surface area contributed by atoms with Crippen molar-refractivity contribution in [2.24, 2.45) is 29.6 Å². The van der Waals surface area contributed by atoms with Gasteiger partial charge in [0.05, 0.1) is 0 Å². The molecule has 0 amide bonds. The lowest BCUT2D eigenvalue weighted by Gasteiger charge is -2.24. The van der Waals surface area contributed by atoms with Crippen LogP contribution in [-0.4, -0.2) is 6.29 Å². The number of hydrogen-bond donors (Lipinski definition) is 0. The SMILES string of the molecule is CC(C)CCCC(C)CCC(CC(C)C)CC(C)CCCC=O. The third-order valence-electron chi connectivity index (χ3n) is 5.11. The molecule has 0 bridgehead atoms. The summed E-state index contributed by atoms with van der Waals surface area (Å²) < 4.78 is 0. The second-order valence-electron chi connectivity index (χ2n) is 8.94. The van der Waals surface area contributed by atoms with Crippen LogP contribution in [0.1, 0.15) is 106 Å². The van der Waals surface area contributed by atoms with Gasteiger partial charge in [0.15, 0.2) is 0 Å². The molecule has 0 aromatic carbocycles. The van der Waals surface area contributed by atoms with Gasteiger partial charge in [-0.2, -0.15) is 0 Å². The summed E-state index contributed by atoms with van der Waals surface area (Å²) >= 11 is 0. The third-order valence-corrected chi connectivity index (χ3v) is 5.11. The molecule has 0 aliphatic carbocycles. The minimum absolute atomic E-state index is 0.742. The maximum absolute atomic E-state index is 10.5. The number of carbonyl (C=O) groups is 1. The van der Waals surface area contributed by atoms with Crippen molar-refractivity contribution in [3.8, 4) is 0 Å². The summed E-state index contributed by atoms with van der Waals surface area (Å²) in [5, 5.41) is 0. The van der Waals surface area contributed by atoms with E-state index in [0.29, 0.717) is 0 Å². The molecule has 138 valence electrons. The van der Waals surface area contributed by atoms with Crippen LogP contribution in [0.2, 0.25) is 0 Å². The van der Waals surface area contributed by atoms with Gasteiger partial charge in [0.2, 0.25) is 0 Å². The van der Waals surface area contributed by atoms with E-state index in [9.17, 15) is 4.79 Å². The molecule has 1 heteroatoms. The fourth-order valence-corrected chi connectivity index (χ4v) is 3.77. The lowest BCUT2D eigenvalue weighted by Crippen LogP contribution is -2.11. The van der Waals surface area contributed by atoms with Crippen LogP contribution >= 0.6 is 0 Å². The summed E-state index contributed by atoms with van der Waals surface area (Å²) in [6.07, 6.45) is 13.8. The molecular formula is C22H44O. The van der Waals surface area contributed by atoms with E-state index in [4.69, 9.17) is 0 Å². The summed E-state index contributed by atoms with van der Waals surface area (Å²) in [4.78, 5) is 10.5. The first-order valence-electron chi connectivity index (χ1n) is 10.3. The number of unbranched alkanes of at least 4 members (excludes halogenated alkanes) is 1. The highest BCUT2D eigenvalue weighted by atomic mass is 16.1. The molecule has 3 atom stereocenters. The predicted molar refractivity (Wildman–Crippen MR) is 104 cm³/mol. The Labute approximate surface area is 147 Å². The van der Waals surface area contributed by atoms with Gasteiger partial charge >= 0.3 is 0 Å². The molecule has 0 aliphatic rings. The van der Waals surface area contributed by atoms with Gasteiger partial charge in [-0.25, -0.2) is 0 Å². The van der Waals surface area contributed by atoms with Gasteiger partial charge in [-0.1, -0.05) is 80.1 Å². The molecule has 0 radical (unpaired) electrons. The van der Waals surface area contributed by atoms with Crippen LogP contribution in [0.3, 0.4) is 0 Å². The fraction of sp³-hybridized carbons (Fsp3) is 0.955. The summed E-state index contributed by atoms with van der Waals surface area (Å²) in [5.41, 5.74) is 0. The highest BCUT2D eigenvalue weighted by molar-refractivity contribution is 5.48. The topological polar surface area (TPSA) is 17.1 Å². The van der Waals surface area contributed by atoms with Gasteiger partial charge in [0.1, 0.15) is 6.29 Å². The average molecular weight is 325 g/mol. The van der Waals surface area contributed by atoms with Crippen molar-refractivity contribution >= 4 is 6.29 Å². The van der Waals surface area contributed by atoms with Crippen LogP contribution in [0.15, 0.2) is 0 Å². The zero-order valence-corrected chi connectivity index (χ0v) is 16.9. The van der Waals surface area contributed by atoms with Crippen LogP contribution in [-0.2, 0) is 4.79 Å². The zero-order valence-electron chi connectivity index (χ0n) is 16.9. The Balaban J connectivity index is 4.09. The second kappa shape index (κ2) is 14.1. The van der Waals surface area contributed by atoms with E-state index in [2.05, 4.69) is 41.5 Å². The summed E-state index contributed by atoms with van der Waals surface area (Å²) in [6.45, 7) is 14.2. The molecule has 0 heterocycles. The van der Waals surface area contributed by atoms with Gasteiger partial charge in [-0.05, 0) is 48.9 Å². The Morgan fingerprint density at radius 1 is 0.652 bits per heavy atom. The predicted octanol–water partition coefficient (Wildman–Crippen LogP) is 7.29. The van der Waals surface area contributed by atoms with E-state index in [1.54, 1.807) is 0 Å². The normalized spacial score (nSPS) is 15.8. The highest BCUT2D eigenvalue weighted by Gasteiger charge is 2.16. The van der Waals surface area contributed by atoms with Crippen molar-refractivity contribution in [1.29, 1.82) is 0 Å². The molecule has 0 rings (SSSR count). The lowest BCUT2D eigenvalue weighted by atomic mass is 9.82. The van der Waals surface area contributed by atoms with Gasteiger partial charge in [-0.3, -0.25) is 0 Å². The van der Waals surface area contributed by atoms with E-state index in [1.165, 1.54) is 51.4 Å². The zero-order chi connectivity index (χ0) is 17.7. The molecule has 0 saturated heterocycles. The number of aldehydes is 1. The monoisotopic (exact) mass is 324 g/mol. The molecule has 0 aromatic rings. The van der Waals surface area contributed by atoms with E-state index in [0.717, 1.165) is 48.7 Å². The van der Waals surface area contributed by atoms with Crippen LogP contribution < -0.4 is 0 Å². The first-order chi connectivity index (χ1) is 10.8. The molecule has 1 nitrogen and oxygen atoms in total. The summed E-state index contributed by atoms with van der Waals surface area (Å²) in [6, 6.07) is 0. The molecule has 23 heavy (non-hydrogen) atoms. The first-order valence-corrected chi connectivity index (χ1v) is 10.3. The van der Waals surface area contributed by atoms with E-state index >= 15 is 0 Å². The van der Waals surface area contributed by atoms with Crippen molar-refractivity contribution < 1.29 is 4.79 Å². The molecule has 0 N–H and O–H groups in total. The molecule has 0 saturated carbocycles. The molecule has 0 fully saturated rings. The molecule has 0 aliphatic heterocycles. The standard InChI is InChI=1S/C22H44O/c1-18(2)10-9-12-20(5)13-14-22(16-19(3)4)17-21(6)11-7-8-15-23/h15,18-22H,7-14,16-17H2,1-6H3.